The van der Waals surface area contributed by atoms with Gasteiger partial charge in [-0.05, 0) is 19.1 Å². The number of oxazole rings is 1. The summed E-state index contributed by atoms with van der Waals surface area (Å²) in [4.78, 5) is 13.1. The lowest BCUT2D eigenvalue weighted by Crippen LogP contribution is -1.94. The predicted molar refractivity (Wildman–Crippen MR) is 44.1 cm³/mol. The van der Waals surface area contributed by atoms with E-state index in [0.29, 0.717) is 11.5 Å². The lowest BCUT2D eigenvalue weighted by atomic mass is 10.3. The van der Waals surface area contributed by atoms with E-state index in [9.17, 15) is 4.79 Å². The normalized spacial score (nSPS) is 10.6. The molecule has 0 aliphatic carbocycles. The second kappa shape index (κ2) is 3.05. The Bertz CT molecular complexity index is 330. The van der Waals surface area contributed by atoms with E-state index in [1.165, 1.54) is 0 Å². The van der Waals surface area contributed by atoms with Crippen LogP contribution in [0.15, 0.2) is 21.9 Å². The van der Waals surface area contributed by atoms with Crippen molar-refractivity contribution in [2.45, 2.75) is 6.92 Å². The minimum absolute atomic E-state index is 0.451. The number of nitrogens with one attached hydrogen (secondary N) is 1. The molecular formula is C8H9NO2. The quantitative estimate of drug-likeness (QED) is 0.698. The number of hydrogen-bond acceptors (Lipinski definition) is 2. The third kappa shape index (κ3) is 1.49. The molecule has 0 amide bonds. The molecule has 0 saturated heterocycles. The largest absolute Gasteiger partial charge is 0.417 e. The van der Waals surface area contributed by atoms with Crippen molar-refractivity contribution in [2.24, 2.45) is 0 Å². The Morgan fingerprint density at radius 1 is 1.64 bits per heavy atom. The van der Waals surface area contributed by atoms with Gasteiger partial charge in [0, 0.05) is 0 Å². The first kappa shape index (κ1) is 7.60. The molecule has 58 valence electrons. The van der Waals surface area contributed by atoms with Gasteiger partial charge in [-0.15, -0.1) is 0 Å². The van der Waals surface area contributed by atoms with E-state index in [2.05, 4.69) is 11.6 Å². The molecule has 1 N–H and O–H groups in total. The van der Waals surface area contributed by atoms with Crippen LogP contribution in [-0.4, -0.2) is 4.98 Å². The fourth-order valence-corrected chi connectivity index (χ4v) is 0.779. The zero-order valence-corrected chi connectivity index (χ0v) is 6.26. The van der Waals surface area contributed by atoms with E-state index in [-0.39, 0.29) is 0 Å². The predicted octanol–water partition coefficient (Wildman–Crippen LogP) is 1.64. The van der Waals surface area contributed by atoms with Crippen molar-refractivity contribution in [1.29, 1.82) is 0 Å². The number of aromatic amines is 1. The summed E-state index contributed by atoms with van der Waals surface area (Å²) >= 11 is 0. The van der Waals surface area contributed by atoms with Gasteiger partial charge in [0.2, 0.25) is 0 Å². The van der Waals surface area contributed by atoms with Crippen LogP contribution in [0.25, 0.3) is 12.2 Å². The molecule has 0 atom stereocenters. The molecule has 3 nitrogen and oxygen atoms in total. The van der Waals surface area contributed by atoms with Gasteiger partial charge in [0.05, 0.1) is 5.69 Å². The Morgan fingerprint density at radius 3 is 2.91 bits per heavy atom. The molecule has 3 heteroatoms. The number of H-pyrrole nitrogens is 1. The molecule has 0 aliphatic rings. The molecule has 0 spiro atoms. The summed E-state index contributed by atoms with van der Waals surface area (Å²) in [5.74, 6) is 0.0699. The van der Waals surface area contributed by atoms with Crippen LogP contribution in [-0.2, 0) is 0 Å². The highest BCUT2D eigenvalue weighted by Crippen LogP contribution is 2.06. The second-order valence-corrected chi connectivity index (χ2v) is 2.00. The Hall–Kier alpha value is -1.51. The SMILES string of the molecule is C=Cc1[nH]c(=O)oc1/C=C\C. The standard InChI is InChI=1S/C8H9NO2/c1-3-5-7-6(4-2)9-8(10)11-7/h3-5H,2H2,1H3,(H,9,10)/b5-3-. The highest BCUT2D eigenvalue weighted by molar-refractivity contribution is 5.56. The van der Waals surface area contributed by atoms with E-state index in [4.69, 9.17) is 4.42 Å². The van der Waals surface area contributed by atoms with Crippen molar-refractivity contribution in [3.8, 4) is 0 Å². The van der Waals surface area contributed by atoms with Crippen LogP contribution in [0.3, 0.4) is 0 Å². The van der Waals surface area contributed by atoms with E-state index in [1.807, 2.05) is 6.92 Å². The van der Waals surface area contributed by atoms with Crippen LogP contribution < -0.4 is 5.76 Å². The Morgan fingerprint density at radius 2 is 2.36 bits per heavy atom. The van der Waals surface area contributed by atoms with Gasteiger partial charge in [0.1, 0.15) is 0 Å². The third-order valence-electron chi connectivity index (χ3n) is 1.23. The van der Waals surface area contributed by atoms with Crippen molar-refractivity contribution >= 4 is 12.2 Å². The highest BCUT2D eigenvalue weighted by Gasteiger charge is 2.00. The summed E-state index contributed by atoms with van der Waals surface area (Å²) in [6.07, 6.45) is 5.04. The molecule has 0 fully saturated rings. The van der Waals surface area contributed by atoms with E-state index >= 15 is 0 Å². The fraction of sp³-hybridized carbons (Fsp3) is 0.125. The number of rotatable bonds is 2. The molecule has 0 aliphatic heterocycles. The first-order valence-corrected chi connectivity index (χ1v) is 3.26. The molecule has 1 heterocycles. The van der Waals surface area contributed by atoms with Crippen LogP contribution >= 0.6 is 0 Å². The summed E-state index contributed by atoms with van der Waals surface area (Å²) in [6.45, 7) is 5.37. The molecule has 0 radical (unpaired) electrons. The topological polar surface area (TPSA) is 46.0 Å². The summed E-state index contributed by atoms with van der Waals surface area (Å²) < 4.78 is 4.78. The van der Waals surface area contributed by atoms with Gasteiger partial charge in [-0.25, -0.2) is 4.79 Å². The Labute approximate surface area is 64.1 Å². The van der Waals surface area contributed by atoms with Gasteiger partial charge in [-0.3, -0.25) is 4.98 Å². The zero-order valence-electron chi connectivity index (χ0n) is 6.26. The number of aromatic nitrogens is 1. The summed E-state index contributed by atoms with van der Waals surface area (Å²) in [5, 5.41) is 0. The fourth-order valence-electron chi connectivity index (χ4n) is 0.779. The van der Waals surface area contributed by atoms with Crippen molar-refractivity contribution in [3.05, 3.63) is 34.7 Å². The van der Waals surface area contributed by atoms with Crippen molar-refractivity contribution in [2.75, 3.05) is 0 Å². The van der Waals surface area contributed by atoms with Gasteiger partial charge in [0.15, 0.2) is 5.76 Å². The molecule has 0 bridgehead atoms. The molecule has 1 aromatic rings. The maximum Gasteiger partial charge on any atom is 0.417 e. The monoisotopic (exact) mass is 151 g/mol. The summed E-state index contributed by atoms with van der Waals surface area (Å²) in [6, 6.07) is 0. The molecular weight excluding hydrogens is 142 g/mol. The average Bonchev–Trinajstić information content (AvgIpc) is 2.32. The lowest BCUT2D eigenvalue weighted by Gasteiger charge is -1.83. The first-order chi connectivity index (χ1) is 5.27. The van der Waals surface area contributed by atoms with Crippen molar-refractivity contribution < 1.29 is 4.42 Å². The molecule has 1 aromatic heterocycles. The maximum absolute atomic E-state index is 10.6. The van der Waals surface area contributed by atoms with Crippen LogP contribution in [0.2, 0.25) is 0 Å². The van der Waals surface area contributed by atoms with Crippen LogP contribution in [0.4, 0.5) is 0 Å². The molecule has 0 aromatic carbocycles. The molecule has 0 unspecified atom stereocenters. The van der Waals surface area contributed by atoms with Gasteiger partial charge >= 0.3 is 5.76 Å². The minimum Gasteiger partial charge on any atom is -0.408 e. The van der Waals surface area contributed by atoms with Gasteiger partial charge in [-0.1, -0.05) is 12.7 Å². The first-order valence-electron chi connectivity index (χ1n) is 3.26. The van der Waals surface area contributed by atoms with Crippen molar-refractivity contribution in [1.82, 2.24) is 4.98 Å². The Kier molecular flexibility index (Phi) is 2.11. The third-order valence-corrected chi connectivity index (χ3v) is 1.23. The van der Waals surface area contributed by atoms with Crippen LogP contribution in [0, 0.1) is 0 Å². The second-order valence-electron chi connectivity index (χ2n) is 2.00. The molecule has 11 heavy (non-hydrogen) atoms. The van der Waals surface area contributed by atoms with Crippen LogP contribution in [0.1, 0.15) is 18.4 Å². The van der Waals surface area contributed by atoms with E-state index in [0.717, 1.165) is 0 Å². The summed E-state index contributed by atoms with van der Waals surface area (Å²) in [5.41, 5.74) is 0.619. The smallest absolute Gasteiger partial charge is 0.408 e. The molecule has 1 rings (SSSR count). The van der Waals surface area contributed by atoms with Crippen LogP contribution in [0.5, 0.6) is 0 Å². The average molecular weight is 151 g/mol. The molecule has 0 saturated carbocycles. The lowest BCUT2D eigenvalue weighted by molar-refractivity contribution is 0.506. The number of hydrogen-bond donors (Lipinski definition) is 1. The van der Waals surface area contributed by atoms with Gasteiger partial charge in [0.25, 0.3) is 0 Å². The Balaban J connectivity index is 3.22. The maximum atomic E-state index is 10.6. The summed E-state index contributed by atoms with van der Waals surface area (Å²) in [7, 11) is 0. The highest BCUT2D eigenvalue weighted by atomic mass is 16.4. The van der Waals surface area contributed by atoms with Crippen molar-refractivity contribution in [3.63, 3.8) is 0 Å². The zero-order chi connectivity index (χ0) is 8.27. The number of allylic oxidation sites excluding steroid dienone is 1. The van der Waals surface area contributed by atoms with E-state index in [1.54, 1.807) is 18.2 Å². The minimum atomic E-state index is -0.451. The van der Waals surface area contributed by atoms with Gasteiger partial charge < -0.3 is 4.42 Å². The van der Waals surface area contributed by atoms with Gasteiger partial charge in [-0.2, -0.15) is 0 Å². The van der Waals surface area contributed by atoms with E-state index < -0.39 is 5.76 Å².